The van der Waals surface area contributed by atoms with Crippen molar-refractivity contribution in [2.75, 3.05) is 6.54 Å². The van der Waals surface area contributed by atoms with Crippen LogP contribution in [-0.4, -0.2) is 58.4 Å². The summed E-state index contributed by atoms with van der Waals surface area (Å²) in [6, 6.07) is 0. The second-order valence-electron chi connectivity index (χ2n) is 1.05. The summed E-state index contributed by atoms with van der Waals surface area (Å²) in [5, 5.41) is 17.3. The minimum atomic E-state index is -1.33. The van der Waals surface area contributed by atoms with Crippen molar-refractivity contribution in [1.29, 1.82) is 0 Å². The summed E-state index contributed by atoms with van der Waals surface area (Å²) in [6.07, 6.45) is -1.33. The zero-order chi connectivity index (χ0) is 6.57. The van der Waals surface area contributed by atoms with Crippen LogP contribution in [0.1, 0.15) is 0 Å². The molecule has 9 heavy (non-hydrogen) atoms. The molecule has 5 nitrogen and oxygen atoms in total. The molecule has 0 rings (SSSR count). The van der Waals surface area contributed by atoms with Crippen LogP contribution < -0.4 is 5.32 Å². The van der Waals surface area contributed by atoms with Crippen molar-refractivity contribution < 1.29 is 19.8 Å². The molecule has 6 heteroatoms. The van der Waals surface area contributed by atoms with Gasteiger partial charge in [0.05, 0.1) is 0 Å². The van der Waals surface area contributed by atoms with E-state index in [1.165, 1.54) is 0 Å². The van der Waals surface area contributed by atoms with Gasteiger partial charge in [-0.15, -0.1) is 0 Å². The quantitative estimate of drug-likeness (QED) is 0.419. The molecule has 0 atom stereocenters. The molecule has 3 N–H and O–H groups in total. The Hall–Kier alpha value is -0.260. The third kappa shape index (κ3) is 11.4. The summed E-state index contributed by atoms with van der Waals surface area (Å²) < 4.78 is 0. The number of carboxylic acids is 1. The van der Waals surface area contributed by atoms with Crippen LogP contribution in [0.4, 0.5) is 4.79 Å². The second-order valence-corrected chi connectivity index (χ2v) is 1.05. The Morgan fingerprint density at radius 2 is 1.78 bits per heavy atom. The van der Waals surface area contributed by atoms with Crippen molar-refractivity contribution in [3.63, 3.8) is 0 Å². The average molecular weight is 143 g/mol. The van der Waals surface area contributed by atoms with Crippen LogP contribution >= 0.6 is 0 Å². The summed E-state index contributed by atoms with van der Waals surface area (Å²) in [5.74, 6) is -1.19. The molecule has 0 bridgehead atoms. The Morgan fingerprint density at radius 1 is 1.33 bits per heavy atom. The summed E-state index contributed by atoms with van der Waals surface area (Å²) in [7, 11) is 0. The van der Waals surface area contributed by atoms with Gasteiger partial charge < -0.3 is 15.5 Å². The first kappa shape index (κ1) is 11.5. The van der Waals surface area contributed by atoms with E-state index in [1.54, 1.807) is 5.32 Å². The Balaban J connectivity index is 0. The molecule has 48 valence electrons. The first-order chi connectivity index (χ1) is 3.63. The van der Waals surface area contributed by atoms with Crippen LogP contribution in [0.5, 0.6) is 0 Å². The molecule has 0 aromatic carbocycles. The zero-order valence-corrected chi connectivity index (χ0v) is 3.92. The van der Waals surface area contributed by atoms with E-state index in [0.29, 0.717) is 0 Å². The van der Waals surface area contributed by atoms with Gasteiger partial charge in [0.15, 0.2) is 0 Å². The Morgan fingerprint density at radius 3 is 1.89 bits per heavy atom. The molecule has 0 fully saturated rings. The number of hydrogen-bond acceptors (Lipinski definition) is 2. The van der Waals surface area contributed by atoms with Crippen molar-refractivity contribution in [2.45, 2.75) is 0 Å². The maximum atomic E-state index is 9.58. The number of nitrogens with one attached hydrogen (secondary N) is 1. The van der Waals surface area contributed by atoms with E-state index in [0.717, 1.165) is 0 Å². The van der Waals surface area contributed by atoms with Crippen molar-refractivity contribution >= 4 is 41.6 Å². The normalized spacial score (nSPS) is 7.11. The number of carbonyl (C=O) groups is 2. The fraction of sp³-hybridized carbons (Fsp3) is 0.333. The summed E-state index contributed by atoms with van der Waals surface area (Å²) in [6.45, 7) is -0.546. The minimum absolute atomic E-state index is 0. The van der Waals surface area contributed by atoms with Gasteiger partial charge in [0.1, 0.15) is 6.54 Å². The molecule has 1 amide bonds. The molecule has 0 heterocycles. The van der Waals surface area contributed by atoms with Gasteiger partial charge in [0, 0.05) is 0 Å². The second kappa shape index (κ2) is 5.87. The number of aliphatic carboxylic acids is 1. The van der Waals surface area contributed by atoms with Gasteiger partial charge in [-0.1, -0.05) is 0 Å². The van der Waals surface area contributed by atoms with Crippen LogP contribution in [-0.2, 0) is 4.79 Å². The Bertz CT molecular complexity index is 100. The fourth-order valence-corrected chi connectivity index (χ4v) is 0.151. The summed E-state index contributed by atoms with van der Waals surface area (Å²) in [4.78, 5) is 19.1. The van der Waals surface area contributed by atoms with Crippen molar-refractivity contribution in [1.82, 2.24) is 5.32 Å². The number of hydrogen-bond donors (Lipinski definition) is 3. The molecule has 0 unspecified atom stereocenters. The van der Waals surface area contributed by atoms with Crippen LogP contribution in [0.15, 0.2) is 0 Å². The van der Waals surface area contributed by atoms with Crippen molar-refractivity contribution in [2.24, 2.45) is 0 Å². The predicted octanol–water partition coefficient (Wildman–Crippen LogP) is -1.31. The van der Waals surface area contributed by atoms with E-state index in [9.17, 15) is 9.59 Å². The molecule has 0 aliphatic heterocycles. The molecule has 0 saturated carbocycles. The Kier molecular flexibility index (Phi) is 7.52. The van der Waals surface area contributed by atoms with Gasteiger partial charge in [-0.05, 0) is 0 Å². The van der Waals surface area contributed by atoms with Crippen molar-refractivity contribution in [3.05, 3.63) is 0 Å². The molecule has 0 spiro atoms. The predicted molar refractivity (Wildman–Crippen MR) is 30.8 cm³/mol. The van der Waals surface area contributed by atoms with Crippen LogP contribution in [0, 0.1) is 0 Å². The van der Waals surface area contributed by atoms with E-state index < -0.39 is 18.6 Å². The van der Waals surface area contributed by atoms with Gasteiger partial charge in [-0.3, -0.25) is 4.79 Å². The first-order valence-electron chi connectivity index (χ1n) is 1.81. The Labute approximate surface area is 73.3 Å². The van der Waals surface area contributed by atoms with Crippen LogP contribution in [0.3, 0.4) is 0 Å². The van der Waals surface area contributed by atoms with Gasteiger partial charge in [-0.25, -0.2) is 4.79 Å². The number of rotatable bonds is 2. The van der Waals surface area contributed by atoms with Gasteiger partial charge in [0.25, 0.3) is 0 Å². The number of carboxylic acid groups (broad SMARTS) is 2. The molecule has 0 aromatic heterocycles. The maximum absolute atomic E-state index is 9.58. The molecule has 0 radical (unpaired) electrons. The van der Waals surface area contributed by atoms with E-state index in [-0.39, 0.29) is 29.6 Å². The fourth-order valence-electron chi connectivity index (χ4n) is 0.151. The SMILES string of the molecule is O=C(O)CNC(=O)O.[NaH]. The average Bonchev–Trinajstić information content (AvgIpc) is 1.61. The monoisotopic (exact) mass is 143 g/mol. The van der Waals surface area contributed by atoms with Gasteiger partial charge in [0.2, 0.25) is 0 Å². The molecule has 0 aliphatic rings. The molecular formula is C3H6NNaO4. The molecule has 0 aromatic rings. The summed E-state index contributed by atoms with van der Waals surface area (Å²) in [5.41, 5.74) is 0. The van der Waals surface area contributed by atoms with Crippen molar-refractivity contribution in [3.8, 4) is 0 Å². The topological polar surface area (TPSA) is 86.6 Å². The molecule has 0 aliphatic carbocycles. The van der Waals surface area contributed by atoms with Gasteiger partial charge in [-0.2, -0.15) is 0 Å². The van der Waals surface area contributed by atoms with E-state index in [1.807, 2.05) is 0 Å². The standard InChI is InChI=1S/C3H5NO4.Na.H/c5-2(6)1-4-3(7)8;;/h4H,1H2,(H,5,6)(H,7,8);;. The van der Waals surface area contributed by atoms with Crippen LogP contribution in [0.25, 0.3) is 0 Å². The molecule has 0 saturated heterocycles. The van der Waals surface area contributed by atoms with E-state index in [4.69, 9.17) is 10.2 Å². The number of amides is 1. The van der Waals surface area contributed by atoms with E-state index >= 15 is 0 Å². The summed E-state index contributed by atoms with van der Waals surface area (Å²) >= 11 is 0. The first-order valence-corrected chi connectivity index (χ1v) is 1.81. The van der Waals surface area contributed by atoms with Gasteiger partial charge >= 0.3 is 41.6 Å². The third-order valence-electron chi connectivity index (χ3n) is 0.391. The van der Waals surface area contributed by atoms with E-state index in [2.05, 4.69) is 0 Å². The van der Waals surface area contributed by atoms with Crippen LogP contribution in [0.2, 0.25) is 0 Å². The third-order valence-corrected chi connectivity index (χ3v) is 0.391. The molecular weight excluding hydrogens is 137 g/mol. The zero-order valence-electron chi connectivity index (χ0n) is 3.92.